The summed E-state index contributed by atoms with van der Waals surface area (Å²) in [5.41, 5.74) is 1.65. The van der Waals surface area contributed by atoms with Crippen molar-refractivity contribution in [2.75, 3.05) is 10.0 Å². The average molecular weight is 398 g/mol. The van der Waals surface area contributed by atoms with Gasteiger partial charge in [0.1, 0.15) is 5.82 Å². The quantitative estimate of drug-likeness (QED) is 0.645. The van der Waals surface area contributed by atoms with Crippen LogP contribution in [0.2, 0.25) is 0 Å². The van der Waals surface area contributed by atoms with Crippen LogP contribution in [0.5, 0.6) is 0 Å². The van der Waals surface area contributed by atoms with Gasteiger partial charge in [0, 0.05) is 11.3 Å². The SMILES string of the molecule is CCc1ccc(NS(=O)(=O)c2cccc(C(=O)Nc3ccccc3F)c2)cc1. The topological polar surface area (TPSA) is 75.3 Å². The molecular formula is C21H19FN2O3S. The van der Waals surface area contributed by atoms with Crippen LogP contribution in [0, 0.1) is 5.82 Å². The maximum atomic E-state index is 13.7. The molecule has 0 saturated carbocycles. The van der Waals surface area contributed by atoms with Gasteiger partial charge >= 0.3 is 0 Å². The lowest BCUT2D eigenvalue weighted by atomic mass is 10.2. The molecule has 0 atom stereocenters. The van der Waals surface area contributed by atoms with E-state index in [-0.39, 0.29) is 16.1 Å². The van der Waals surface area contributed by atoms with Crippen molar-refractivity contribution in [2.24, 2.45) is 0 Å². The first-order valence-corrected chi connectivity index (χ1v) is 10.1. The molecule has 0 bridgehead atoms. The van der Waals surface area contributed by atoms with E-state index in [1.165, 1.54) is 42.5 Å². The molecule has 0 unspecified atom stereocenters. The highest BCUT2D eigenvalue weighted by molar-refractivity contribution is 7.92. The molecule has 0 radical (unpaired) electrons. The molecule has 0 aliphatic rings. The lowest BCUT2D eigenvalue weighted by Gasteiger charge is -2.10. The first-order chi connectivity index (χ1) is 13.4. The van der Waals surface area contributed by atoms with Crippen LogP contribution in [0.15, 0.2) is 77.7 Å². The van der Waals surface area contributed by atoms with E-state index in [2.05, 4.69) is 10.0 Å². The number of carbonyl (C=O) groups excluding carboxylic acids is 1. The summed E-state index contributed by atoms with van der Waals surface area (Å²) in [4.78, 5) is 12.3. The molecule has 2 N–H and O–H groups in total. The number of aryl methyl sites for hydroxylation is 1. The Kier molecular flexibility index (Phi) is 5.75. The highest BCUT2D eigenvalue weighted by Crippen LogP contribution is 2.19. The largest absolute Gasteiger partial charge is 0.319 e. The Morgan fingerprint density at radius 3 is 2.36 bits per heavy atom. The van der Waals surface area contributed by atoms with Crippen molar-refractivity contribution in [2.45, 2.75) is 18.2 Å². The molecule has 0 aliphatic carbocycles. The van der Waals surface area contributed by atoms with Crippen LogP contribution < -0.4 is 10.0 Å². The number of sulfonamides is 1. The van der Waals surface area contributed by atoms with Gasteiger partial charge in [-0.1, -0.05) is 37.3 Å². The minimum atomic E-state index is -3.87. The zero-order chi connectivity index (χ0) is 20.1. The second-order valence-corrected chi connectivity index (χ2v) is 7.80. The number of para-hydroxylation sites is 1. The molecule has 0 aliphatic heterocycles. The molecule has 3 aromatic carbocycles. The Balaban J connectivity index is 1.81. The van der Waals surface area contributed by atoms with Crippen LogP contribution in [0.4, 0.5) is 15.8 Å². The van der Waals surface area contributed by atoms with E-state index in [0.717, 1.165) is 12.0 Å². The predicted molar refractivity (Wildman–Crippen MR) is 107 cm³/mol. The maximum absolute atomic E-state index is 13.7. The van der Waals surface area contributed by atoms with Gasteiger partial charge in [-0.25, -0.2) is 12.8 Å². The molecule has 0 fully saturated rings. The summed E-state index contributed by atoms with van der Waals surface area (Å²) < 4.78 is 41.5. The minimum Gasteiger partial charge on any atom is -0.319 e. The third-order valence-corrected chi connectivity index (χ3v) is 5.52. The third-order valence-electron chi connectivity index (χ3n) is 4.14. The van der Waals surface area contributed by atoms with Gasteiger partial charge in [-0.15, -0.1) is 0 Å². The zero-order valence-corrected chi connectivity index (χ0v) is 16.0. The summed E-state index contributed by atoms with van der Waals surface area (Å²) in [5, 5.41) is 2.44. The lowest BCUT2D eigenvalue weighted by molar-refractivity contribution is 0.102. The first kappa shape index (κ1) is 19.6. The number of anilines is 2. The van der Waals surface area contributed by atoms with Gasteiger partial charge in [-0.2, -0.15) is 0 Å². The Hall–Kier alpha value is -3.19. The molecule has 3 aromatic rings. The number of hydrogen-bond donors (Lipinski definition) is 2. The Morgan fingerprint density at radius 1 is 0.964 bits per heavy atom. The molecule has 5 nitrogen and oxygen atoms in total. The van der Waals surface area contributed by atoms with Gasteiger partial charge in [0.2, 0.25) is 0 Å². The van der Waals surface area contributed by atoms with Crippen LogP contribution in [-0.2, 0) is 16.4 Å². The lowest BCUT2D eigenvalue weighted by Crippen LogP contribution is -2.16. The average Bonchev–Trinajstić information content (AvgIpc) is 2.70. The van der Waals surface area contributed by atoms with E-state index in [9.17, 15) is 17.6 Å². The number of carbonyl (C=O) groups is 1. The summed E-state index contributed by atoms with van der Waals surface area (Å²) in [5.74, 6) is -1.17. The third kappa shape index (κ3) is 4.55. The van der Waals surface area contributed by atoms with Crippen LogP contribution in [0.3, 0.4) is 0 Å². The molecular weight excluding hydrogens is 379 g/mol. The van der Waals surface area contributed by atoms with E-state index < -0.39 is 21.7 Å². The minimum absolute atomic E-state index is 0.0231. The Morgan fingerprint density at radius 2 is 1.68 bits per heavy atom. The molecule has 0 aromatic heterocycles. The van der Waals surface area contributed by atoms with Crippen molar-refractivity contribution in [3.8, 4) is 0 Å². The van der Waals surface area contributed by atoms with E-state index in [1.807, 2.05) is 19.1 Å². The molecule has 1 amide bonds. The highest BCUT2D eigenvalue weighted by atomic mass is 32.2. The number of amides is 1. The zero-order valence-electron chi connectivity index (χ0n) is 15.1. The second-order valence-electron chi connectivity index (χ2n) is 6.12. The number of benzene rings is 3. The maximum Gasteiger partial charge on any atom is 0.261 e. The summed E-state index contributed by atoms with van der Waals surface area (Å²) in [6.07, 6.45) is 0.853. The first-order valence-electron chi connectivity index (χ1n) is 8.67. The standard InChI is InChI=1S/C21H19FN2O3S/c1-2-15-10-12-17(13-11-15)24-28(26,27)18-7-5-6-16(14-18)21(25)23-20-9-4-3-8-19(20)22/h3-14,24H,2H2,1H3,(H,23,25). The van der Waals surface area contributed by atoms with Crippen molar-refractivity contribution in [3.05, 3.63) is 89.7 Å². The molecule has 0 heterocycles. The summed E-state index contributed by atoms with van der Waals surface area (Å²) in [6.45, 7) is 2.01. The van der Waals surface area contributed by atoms with Gasteiger partial charge in [-0.3, -0.25) is 9.52 Å². The van der Waals surface area contributed by atoms with Crippen molar-refractivity contribution in [3.63, 3.8) is 0 Å². The van der Waals surface area contributed by atoms with Crippen molar-refractivity contribution < 1.29 is 17.6 Å². The van der Waals surface area contributed by atoms with Crippen molar-refractivity contribution in [1.82, 2.24) is 0 Å². The van der Waals surface area contributed by atoms with E-state index in [4.69, 9.17) is 0 Å². The van der Waals surface area contributed by atoms with E-state index in [1.54, 1.807) is 18.2 Å². The van der Waals surface area contributed by atoms with Crippen LogP contribution in [0.25, 0.3) is 0 Å². The molecule has 28 heavy (non-hydrogen) atoms. The van der Waals surface area contributed by atoms with Crippen LogP contribution in [-0.4, -0.2) is 14.3 Å². The van der Waals surface area contributed by atoms with Gasteiger partial charge in [0.05, 0.1) is 10.6 Å². The van der Waals surface area contributed by atoms with E-state index >= 15 is 0 Å². The van der Waals surface area contributed by atoms with Crippen LogP contribution >= 0.6 is 0 Å². The van der Waals surface area contributed by atoms with E-state index in [0.29, 0.717) is 5.69 Å². The predicted octanol–water partition coefficient (Wildman–Crippen LogP) is 4.44. The Labute approximate surface area is 163 Å². The summed E-state index contributed by atoms with van der Waals surface area (Å²) in [6, 6.07) is 18.4. The van der Waals surface area contributed by atoms with Crippen molar-refractivity contribution in [1.29, 1.82) is 0 Å². The monoisotopic (exact) mass is 398 g/mol. The normalized spacial score (nSPS) is 11.1. The van der Waals surface area contributed by atoms with Crippen LogP contribution in [0.1, 0.15) is 22.8 Å². The highest BCUT2D eigenvalue weighted by Gasteiger charge is 2.17. The smallest absolute Gasteiger partial charge is 0.261 e. The number of hydrogen-bond acceptors (Lipinski definition) is 3. The van der Waals surface area contributed by atoms with Gasteiger partial charge in [-0.05, 0) is 54.4 Å². The fraction of sp³-hybridized carbons (Fsp3) is 0.0952. The molecule has 0 saturated heterocycles. The molecule has 144 valence electrons. The van der Waals surface area contributed by atoms with Crippen molar-refractivity contribution >= 4 is 27.3 Å². The van der Waals surface area contributed by atoms with Gasteiger partial charge < -0.3 is 5.32 Å². The van der Waals surface area contributed by atoms with Gasteiger partial charge in [0.25, 0.3) is 15.9 Å². The number of nitrogens with one attached hydrogen (secondary N) is 2. The number of halogens is 1. The van der Waals surface area contributed by atoms with Gasteiger partial charge in [0.15, 0.2) is 0 Å². The second kappa shape index (κ2) is 8.22. The molecule has 0 spiro atoms. The molecule has 7 heteroatoms. The Bertz CT molecular complexity index is 1100. The summed E-state index contributed by atoms with van der Waals surface area (Å²) >= 11 is 0. The fourth-order valence-corrected chi connectivity index (χ4v) is 3.69. The summed E-state index contributed by atoms with van der Waals surface area (Å²) in [7, 11) is -3.87. The number of rotatable bonds is 6. The fourth-order valence-electron chi connectivity index (χ4n) is 2.58. The molecule has 3 rings (SSSR count).